The first-order valence-corrected chi connectivity index (χ1v) is 43.3. The van der Waals surface area contributed by atoms with E-state index in [9.17, 15) is 0 Å². The number of rotatable bonds is 68. The summed E-state index contributed by atoms with van der Waals surface area (Å²) >= 11 is 0. The summed E-state index contributed by atoms with van der Waals surface area (Å²) in [7, 11) is -1.53. The molecule has 0 aliphatic rings. The molecule has 0 radical (unpaired) electrons. The topological polar surface area (TPSA) is 29.5 Å². The van der Waals surface area contributed by atoms with Gasteiger partial charge in [-0.2, -0.15) is 0 Å². The molecule has 0 fully saturated rings. The van der Waals surface area contributed by atoms with E-state index in [2.05, 4.69) is 99.7 Å². The lowest BCUT2D eigenvalue weighted by Crippen LogP contribution is -3.00. The highest BCUT2D eigenvalue weighted by atomic mass is 28.4. The fourth-order valence-electron chi connectivity index (χ4n) is 12.1. The van der Waals surface area contributed by atoms with Crippen molar-refractivity contribution in [3.8, 4) is 0 Å². The van der Waals surface area contributed by atoms with Crippen molar-refractivity contribution in [2.24, 2.45) is 0 Å². The second-order valence-corrected chi connectivity index (χ2v) is 34.2. The number of allylic oxidation sites excluding steroid dienone is 4. The third-order valence-electron chi connectivity index (χ3n) is 19.5. The first-order valence-electron chi connectivity index (χ1n) is 40.4. The Bertz CT molecular complexity index is 1220. The lowest BCUT2D eigenvalue weighted by molar-refractivity contribution is -0.929. The molecular weight excluding hydrogens is 1080 g/mol. The average Bonchev–Trinajstić information content (AvgIpc) is 3.70. The van der Waals surface area contributed by atoms with Crippen LogP contribution in [0.15, 0.2) is 24.3 Å². The lowest BCUT2D eigenvalue weighted by atomic mass is 10.0. The number of nitrogens with zero attached hydrogens (tertiary/aromatic N) is 1. The van der Waals surface area contributed by atoms with E-state index in [4.69, 9.17) is 9.53 Å². The first kappa shape index (κ1) is 92.9. The molecule has 0 aliphatic carbocycles. The SMILES string of the molecule is CCCCCCCCC/C=C/CCCCCCCCCCCCCCCCCCCO[Si](C)(C)C(C)(C)C.CCCCCCCCCC=CCCCCCCCCCCCCCCCCCCCO.CCCC[N+](CCCC)(CCCC)CCCC.[F-]. The summed E-state index contributed by atoms with van der Waals surface area (Å²) in [4.78, 5) is 0. The second kappa shape index (κ2) is 78.0. The van der Waals surface area contributed by atoms with Gasteiger partial charge in [0, 0.05) is 13.2 Å². The van der Waals surface area contributed by atoms with Gasteiger partial charge in [-0.3, -0.25) is 0 Å². The number of hydrogen-bond acceptors (Lipinski definition) is 2. The van der Waals surface area contributed by atoms with Gasteiger partial charge in [0.2, 0.25) is 0 Å². The number of aliphatic hydroxyl groups is 1. The molecule has 0 aliphatic heterocycles. The van der Waals surface area contributed by atoms with E-state index >= 15 is 0 Å². The number of quaternary nitrogens is 1. The maximum atomic E-state index is 8.76. The highest BCUT2D eigenvalue weighted by molar-refractivity contribution is 6.74. The van der Waals surface area contributed by atoms with Crippen LogP contribution in [-0.4, -0.2) is 57.3 Å². The first-order chi connectivity index (χ1) is 42.0. The fourth-order valence-corrected chi connectivity index (χ4v) is 13.2. The number of hydrogen-bond donors (Lipinski definition) is 1. The van der Waals surface area contributed by atoms with Crippen molar-refractivity contribution in [2.45, 2.75) is 466 Å². The molecule has 0 bridgehead atoms. The van der Waals surface area contributed by atoms with Crippen LogP contribution in [0.25, 0.3) is 0 Å². The molecule has 0 aromatic carbocycles. The molecule has 0 rings (SSSR count). The van der Waals surface area contributed by atoms with Gasteiger partial charge in [-0.25, -0.2) is 0 Å². The van der Waals surface area contributed by atoms with Gasteiger partial charge >= 0.3 is 0 Å². The molecule has 0 spiro atoms. The number of aliphatic hydroxyl groups excluding tert-OH is 1. The third-order valence-corrected chi connectivity index (χ3v) is 24.1. The van der Waals surface area contributed by atoms with Gasteiger partial charge in [0.1, 0.15) is 0 Å². The highest BCUT2D eigenvalue weighted by Gasteiger charge is 2.36. The molecule has 0 heterocycles. The Balaban J connectivity index is -0.000000631. The second-order valence-electron chi connectivity index (χ2n) is 29.3. The molecular formula is C82H170FNO2Si. The molecule has 0 atom stereocenters. The molecule has 0 aromatic rings. The lowest BCUT2D eigenvalue weighted by Gasteiger charge is -2.39. The van der Waals surface area contributed by atoms with E-state index in [0.717, 1.165) is 13.0 Å². The van der Waals surface area contributed by atoms with Crippen LogP contribution in [-0.2, 0) is 4.43 Å². The molecule has 0 amide bonds. The number of unbranched alkanes of at least 4 members (excludes halogenated alkanes) is 52. The summed E-state index contributed by atoms with van der Waals surface area (Å²) in [6.45, 7) is 32.7. The Kier molecular flexibility index (Phi) is 83.3. The summed E-state index contributed by atoms with van der Waals surface area (Å²) in [5.41, 5.74) is 0. The van der Waals surface area contributed by atoms with Gasteiger partial charge in [0.15, 0.2) is 8.32 Å². The van der Waals surface area contributed by atoms with Crippen molar-refractivity contribution in [1.82, 2.24) is 0 Å². The van der Waals surface area contributed by atoms with Crippen LogP contribution in [0.1, 0.15) is 448 Å². The number of halogens is 1. The van der Waals surface area contributed by atoms with Crippen LogP contribution in [0.5, 0.6) is 0 Å². The Morgan fingerprint density at radius 1 is 0.276 bits per heavy atom. The molecule has 0 aromatic heterocycles. The third kappa shape index (κ3) is 76.1. The molecule has 87 heavy (non-hydrogen) atoms. The average molecular weight is 1250 g/mol. The van der Waals surface area contributed by atoms with E-state index in [1.165, 1.54) is 409 Å². The van der Waals surface area contributed by atoms with Crippen LogP contribution >= 0.6 is 0 Å². The fraction of sp³-hybridized carbons (Fsp3) is 0.951. The van der Waals surface area contributed by atoms with E-state index in [0.29, 0.717) is 11.6 Å². The van der Waals surface area contributed by atoms with Gasteiger partial charge < -0.3 is 18.7 Å². The zero-order valence-electron chi connectivity index (χ0n) is 62.7. The minimum atomic E-state index is -1.53. The van der Waals surface area contributed by atoms with E-state index in [1.807, 2.05) is 0 Å². The smallest absolute Gasteiger partial charge is 0.191 e. The summed E-state index contributed by atoms with van der Waals surface area (Å²) < 4.78 is 7.71. The predicted molar refractivity (Wildman–Crippen MR) is 399 cm³/mol. The summed E-state index contributed by atoms with van der Waals surface area (Å²) in [6.07, 6.45) is 94.0. The van der Waals surface area contributed by atoms with Crippen molar-refractivity contribution >= 4 is 8.32 Å². The molecule has 0 unspecified atom stereocenters. The van der Waals surface area contributed by atoms with Crippen LogP contribution < -0.4 is 4.70 Å². The zero-order valence-corrected chi connectivity index (χ0v) is 63.7. The van der Waals surface area contributed by atoms with E-state index in [1.54, 1.807) is 0 Å². The van der Waals surface area contributed by atoms with Crippen molar-refractivity contribution in [1.29, 1.82) is 0 Å². The van der Waals surface area contributed by atoms with Crippen LogP contribution in [0, 0.1) is 0 Å². The zero-order chi connectivity index (χ0) is 63.7. The Labute approximate surface area is 553 Å². The molecule has 3 nitrogen and oxygen atoms in total. The Morgan fingerprint density at radius 3 is 0.655 bits per heavy atom. The van der Waals surface area contributed by atoms with E-state index < -0.39 is 8.32 Å². The highest BCUT2D eigenvalue weighted by Crippen LogP contribution is 2.36. The predicted octanol–water partition coefficient (Wildman–Crippen LogP) is 26.4. The van der Waals surface area contributed by atoms with Crippen molar-refractivity contribution in [3.05, 3.63) is 24.3 Å². The molecule has 0 saturated carbocycles. The van der Waals surface area contributed by atoms with Crippen LogP contribution in [0.3, 0.4) is 0 Å². The van der Waals surface area contributed by atoms with Gasteiger partial charge in [-0.15, -0.1) is 0 Å². The molecule has 5 heteroatoms. The van der Waals surface area contributed by atoms with Crippen LogP contribution in [0.2, 0.25) is 18.1 Å². The van der Waals surface area contributed by atoms with Crippen molar-refractivity contribution < 1.29 is 18.7 Å². The molecule has 0 saturated heterocycles. The maximum absolute atomic E-state index is 8.76. The van der Waals surface area contributed by atoms with Crippen molar-refractivity contribution in [3.63, 3.8) is 0 Å². The standard InChI is InChI=1S/C36H74OSi.C30H60O.C16H36N.FH/c1-7-8-9-10-11-12-13-14-15-16-17-18-19-20-21-22-23-24-25-26-27-28-29-30-31-32-33-34-35-37-38(5,6)36(2,3)4;1-2-3-4-5-6-7-8-9-10-11-12-13-14-15-16-17-18-19-20-21-22-23-24-25-26-27-28-29-30-31;1-5-9-13-17(14-10-6-2,15-11-7-3)16-12-8-4;/h15-16H,7-14,17-35H2,1-6H3;10-11,31H,2-9,12-30H2,1H3;5-16H2,1-4H3;1H/q;;+1;/p-1/b16-15+;;;. The summed E-state index contributed by atoms with van der Waals surface area (Å²) in [6, 6.07) is 0. The molecule has 1 N–H and O–H groups in total. The van der Waals surface area contributed by atoms with Crippen molar-refractivity contribution in [2.75, 3.05) is 39.4 Å². The minimum absolute atomic E-state index is 0. The monoisotopic (exact) mass is 1250 g/mol. The van der Waals surface area contributed by atoms with Crippen LogP contribution in [0.4, 0.5) is 0 Å². The minimum Gasteiger partial charge on any atom is -1.00 e. The quantitative estimate of drug-likeness (QED) is 0.0285. The largest absolute Gasteiger partial charge is 1.00 e. The summed E-state index contributed by atoms with van der Waals surface area (Å²) in [5, 5.41) is 9.10. The van der Waals surface area contributed by atoms with Gasteiger partial charge in [-0.05, 0) is 108 Å². The van der Waals surface area contributed by atoms with Gasteiger partial charge in [-0.1, -0.05) is 382 Å². The van der Waals surface area contributed by atoms with Gasteiger partial charge in [0.05, 0.1) is 26.2 Å². The molecule has 526 valence electrons. The summed E-state index contributed by atoms with van der Waals surface area (Å²) in [5.74, 6) is 0. The van der Waals surface area contributed by atoms with Gasteiger partial charge in [0.25, 0.3) is 0 Å². The Hall–Kier alpha value is -0.493. The normalized spacial score (nSPS) is 12.0. The maximum Gasteiger partial charge on any atom is 0.191 e. The van der Waals surface area contributed by atoms with E-state index in [-0.39, 0.29) is 4.70 Å². The Morgan fingerprint density at radius 2 is 0.460 bits per heavy atom.